The van der Waals surface area contributed by atoms with Crippen LogP contribution in [0.25, 0.3) is 6.08 Å². The second-order valence-corrected chi connectivity index (χ2v) is 9.69. The van der Waals surface area contributed by atoms with Crippen molar-refractivity contribution in [2.24, 2.45) is 4.99 Å². The molecule has 3 aromatic carbocycles. The van der Waals surface area contributed by atoms with E-state index in [-0.39, 0.29) is 11.6 Å². The Hall–Kier alpha value is -4.17. The topological polar surface area (TPSA) is 69.9 Å². The number of nitrogens with zero attached hydrogens (tertiary/aromatic N) is 4. The Bertz CT molecular complexity index is 1600. The molecule has 1 fully saturated rings. The zero-order valence-corrected chi connectivity index (χ0v) is 20.1. The smallest absolute Gasteiger partial charge is 0.295 e. The molecule has 174 valence electrons. The molecule has 0 saturated carbocycles. The largest absolute Gasteiger partial charge is 0.324 e. The number of benzene rings is 3. The van der Waals surface area contributed by atoms with E-state index in [4.69, 9.17) is 4.99 Å². The van der Waals surface area contributed by atoms with Crippen LogP contribution in [0.4, 0.5) is 4.79 Å². The van der Waals surface area contributed by atoms with Crippen LogP contribution in [0.3, 0.4) is 0 Å². The fourth-order valence-electron chi connectivity index (χ4n) is 5.22. The van der Waals surface area contributed by atoms with Crippen molar-refractivity contribution >= 4 is 23.4 Å². The molecule has 6 rings (SSSR count). The summed E-state index contributed by atoms with van der Waals surface area (Å²) < 4.78 is 2.04. The Kier molecular flexibility index (Phi) is 4.69. The molecule has 1 N–H and O–H groups in total. The fraction of sp³-hybridized carbons (Fsp3) is 0.148. The van der Waals surface area contributed by atoms with E-state index >= 15 is 0 Å². The van der Waals surface area contributed by atoms with Gasteiger partial charge < -0.3 is 0 Å². The third kappa shape index (κ3) is 2.80. The van der Waals surface area contributed by atoms with Crippen LogP contribution in [0.15, 0.2) is 101 Å². The van der Waals surface area contributed by atoms with Gasteiger partial charge in [-0.25, -0.2) is 9.79 Å². The first kappa shape index (κ1) is 21.4. The maximum atomic E-state index is 13.6. The van der Waals surface area contributed by atoms with Crippen LogP contribution in [0.1, 0.15) is 16.7 Å². The van der Waals surface area contributed by atoms with E-state index < -0.39 is 11.3 Å². The van der Waals surface area contributed by atoms with Crippen LogP contribution in [0.5, 0.6) is 0 Å². The molecular formula is C27H23N5O2S. The maximum absolute atomic E-state index is 13.6. The van der Waals surface area contributed by atoms with Gasteiger partial charge in [0.1, 0.15) is 0 Å². The van der Waals surface area contributed by atoms with Gasteiger partial charge in [-0.05, 0) is 11.6 Å². The maximum Gasteiger partial charge on any atom is 0.324 e. The van der Waals surface area contributed by atoms with Crippen molar-refractivity contribution in [2.45, 2.75) is 11.3 Å². The second kappa shape index (κ2) is 7.68. The monoisotopic (exact) mass is 481 g/mol. The van der Waals surface area contributed by atoms with E-state index in [1.165, 1.54) is 16.0 Å². The number of carbonyl (C=O) groups excluding carboxylic acids is 1. The lowest BCUT2D eigenvalue weighted by Gasteiger charge is -2.49. The quantitative estimate of drug-likeness (QED) is 0.489. The molecule has 0 spiro atoms. The lowest BCUT2D eigenvalue weighted by molar-refractivity contribution is 0.0648. The molecule has 2 amide bonds. The zero-order valence-electron chi connectivity index (χ0n) is 19.3. The SMILES string of the molecule is CN1C(=O)N(C)C2(c3ccccc3)Nn3c(s/c(=C\c4ccccc4)c3=O)=NC12c1ccccc1. The van der Waals surface area contributed by atoms with E-state index in [0.29, 0.717) is 9.33 Å². The highest BCUT2D eigenvalue weighted by atomic mass is 32.1. The summed E-state index contributed by atoms with van der Waals surface area (Å²) in [6.45, 7) is 0. The number of likely N-dealkylation sites (N-methyl/N-ethyl adjacent to an activating group) is 2. The van der Waals surface area contributed by atoms with Gasteiger partial charge in [0.15, 0.2) is 0 Å². The molecule has 3 heterocycles. The number of urea groups is 1. The summed E-state index contributed by atoms with van der Waals surface area (Å²) >= 11 is 1.31. The van der Waals surface area contributed by atoms with Gasteiger partial charge in [-0.15, -0.1) is 0 Å². The third-order valence-electron chi connectivity index (χ3n) is 6.87. The molecule has 1 aromatic heterocycles. The lowest BCUT2D eigenvalue weighted by atomic mass is 9.80. The Morgan fingerprint density at radius 1 is 0.800 bits per heavy atom. The summed E-state index contributed by atoms with van der Waals surface area (Å²) in [5.41, 5.74) is 3.56. The predicted octanol–water partition coefficient (Wildman–Crippen LogP) is 2.62. The number of hydrogen-bond donors (Lipinski definition) is 1. The minimum Gasteiger partial charge on any atom is -0.295 e. The van der Waals surface area contributed by atoms with E-state index in [0.717, 1.165) is 16.7 Å². The first-order chi connectivity index (χ1) is 17.0. The number of fused-ring (bicyclic) bond motifs is 2. The van der Waals surface area contributed by atoms with Crippen LogP contribution >= 0.6 is 11.3 Å². The summed E-state index contributed by atoms with van der Waals surface area (Å²) in [6, 6.07) is 29.0. The Morgan fingerprint density at radius 3 is 2.00 bits per heavy atom. The van der Waals surface area contributed by atoms with Crippen LogP contribution in [0.2, 0.25) is 0 Å². The minimum atomic E-state index is -1.16. The molecule has 8 heteroatoms. The van der Waals surface area contributed by atoms with Crippen LogP contribution in [-0.2, 0) is 11.3 Å². The normalized spacial score (nSPS) is 23.5. The van der Waals surface area contributed by atoms with Crippen LogP contribution < -0.4 is 20.3 Å². The molecule has 7 nitrogen and oxygen atoms in total. The van der Waals surface area contributed by atoms with Gasteiger partial charge in [0.25, 0.3) is 5.56 Å². The van der Waals surface area contributed by atoms with E-state index in [9.17, 15) is 9.59 Å². The second-order valence-electron chi connectivity index (χ2n) is 8.68. The molecule has 4 aromatic rings. The molecule has 2 atom stereocenters. The predicted molar refractivity (Wildman–Crippen MR) is 136 cm³/mol. The first-order valence-electron chi connectivity index (χ1n) is 11.3. The lowest BCUT2D eigenvalue weighted by Crippen LogP contribution is -2.67. The highest BCUT2D eigenvalue weighted by Gasteiger charge is 2.69. The number of carbonyl (C=O) groups is 1. The molecule has 2 aliphatic heterocycles. The van der Waals surface area contributed by atoms with Crippen molar-refractivity contribution in [3.63, 3.8) is 0 Å². The first-order valence-corrected chi connectivity index (χ1v) is 12.1. The van der Waals surface area contributed by atoms with Gasteiger partial charge in [0, 0.05) is 25.2 Å². The molecule has 35 heavy (non-hydrogen) atoms. The van der Waals surface area contributed by atoms with Gasteiger partial charge in [-0.2, -0.15) is 4.68 Å². The fourth-order valence-corrected chi connectivity index (χ4v) is 6.18. The van der Waals surface area contributed by atoms with Crippen molar-refractivity contribution in [2.75, 3.05) is 19.5 Å². The van der Waals surface area contributed by atoms with Gasteiger partial charge in [-0.3, -0.25) is 20.0 Å². The van der Waals surface area contributed by atoms with E-state index in [1.807, 2.05) is 97.1 Å². The zero-order chi connectivity index (χ0) is 24.2. The molecule has 0 bridgehead atoms. The van der Waals surface area contributed by atoms with Crippen molar-refractivity contribution in [1.29, 1.82) is 0 Å². The summed E-state index contributed by atoms with van der Waals surface area (Å²) in [5, 5.41) is 0. The average Bonchev–Trinajstić information content (AvgIpc) is 3.29. The van der Waals surface area contributed by atoms with Crippen molar-refractivity contribution < 1.29 is 4.79 Å². The number of hydrogen-bond acceptors (Lipinski definition) is 5. The standard InChI is InChI=1S/C27H23N5O2S/c1-30-25(34)31(2)27(21-16-10-5-11-17-21)26(30,20-14-8-4-9-15-20)28-24-32(29-27)23(33)22(35-24)18-19-12-6-3-7-13-19/h3-18,29H,1-2H3/b22-18-. The molecule has 1 saturated heterocycles. The summed E-state index contributed by atoms with van der Waals surface area (Å²) in [4.78, 5) is 36.2. The Labute approximate surface area is 205 Å². The van der Waals surface area contributed by atoms with Crippen molar-refractivity contribution in [1.82, 2.24) is 14.5 Å². The number of rotatable bonds is 3. The van der Waals surface area contributed by atoms with Gasteiger partial charge in [-0.1, -0.05) is 102 Å². The van der Waals surface area contributed by atoms with Gasteiger partial charge in [0.2, 0.25) is 16.1 Å². The third-order valence-corrected chi connectivity index (χ3v) is 7.84. The highest BCUT2D eigenvalue weighted by Crippen LogP contribution is 2.53. The Morgan fingerprint density at radius 2 is 1.37 bits per heavy atom. The molecule has 0 aliphatic carbocycles. The minimum absolute atomic E-state index is 0.201. The van der Waals surface area contributed by atoms with Gasteiger partial charge in [0.05, 0.1) is 4.53 Å². The van der Waals surface area contributed by atoms with E-state index in [1.54, 1.807) is 23.9 Å². The molecule has 0 radical (unpaired) electrons. The number of amides is 2. The molecule has 2 aliphatic rings. The van der Waals surface area contributed by atoms with Crippen LogP contribution in [-0.4, -0.2) is 34.6 Å². The summed E-state index contributed by atoms with van der Waals surface area (Å²) in [5.74, 6) is 0. The molecule has 2 unspecified atom stereocenters. The average molecular weight is 482 g/mol. The van der Waals surface area contributed by atoms with Crippen molar-refractivity contribution in [3.05, 3.63) is 127 Å². The summed E-state index contributed by atoms with van der Waals surface area (Å²) in [7, 11) is 3.51. The number of nitrogens with one attached hydrogen (secondary N) is 1. The van der Waals surface area contributed by atoms with Crippen molar-refractivity contribution in [3.8, 4) is 0 Å². The highest BCUT2D eigenvalue weighted by molar-refractivity contribution is 7.07. The van der Waals surface area contributed by atoms with E-state index in [2.05, 4.69) is 5.43 Å². The number of thiazole rings is 1. The van der Waals surface area contributed by atoms with Gasteiger partial charge >= 0.3 is 6.03 Å². The van der Waals surface area contributed by atoms with Crippen LogP contribution in [0, 0.1) is 0 Å². The number of aromatic nitrogens is 1. The molecular weight excluding hydrogens is 458 g/mol. The Balaban J connectivity index is 1.72. The summed E-state index contributed by atoms with van der Waals surface area (Å²) in [6.07, 6.45) is 1.87.